The molecule has 4 nitrogen and oxygen atoms in total. The number of nitrogens with zero attached hydrogens (tertiary/aromatic N) is 1. The number of nitriles is 1. The molecule has 0 bridgehead atoms. The number of aromatic carboxylic acids is 1. The molecule has 3 rings (SSSR count). The number of methoxy groups -OCH3 is 1. The van der Waals surface area contributed by atoms with Crippen molar-refractivity contribution in [1.82, 2.24) is 0 Å². The summed E-state index contributed by atoms with van der Waals surface area (Å²) < 4.78 is 6.25. The highest BCUT2D eigenvalue weighted by atomic mass is 32.1. The van der Waals surface area contributed by atoms with E-state index in [9.17, 15) is 15.2 Å². The van der Waals surface area contributed by atoms with E-state index in [2.05, 4.69) is 6.07 Å². The summed E-state index contributed by atoms with van der Waals surface area (Å²) in [4.78, 5) is 11.7. The number of hydrogen-bond acceptors (Lipinski definition) is 4. The summed E-state index contributed by atoms with van der Waals surface area (Å²) in [5, 5.41) is 19.4. The normalized spacial score (nSPS) is 10.4. The highest BCUT2D eigenvalue weighted by Crippen LogP contribution is 2.42. The van der Waals surface area contributed by atoms with Gasteiger partial charge in [-0.15, -0.1) is 11.3 Å². The van der Waals surface area contributed by atoms with E-state index in [1.807, 2.05) is 24.3 Å². The number of benzene rings is 2. The van der Waals surface area contributed by atoms with Gasteiger partial charge in [-0.05, 0) is 24.3 Å². The third-order valence-corrected chi connectivity index (χ3v) is 4.49. The lowest BCUT2D eigenvalue weighted by atomic mass is 10.00. The molecule has 2 aromatic carbocycles. The molecule has 3 aromatic rings. The van der Waals surface area contributed by atoms with E-state index in [1.165, 1.54) is 11.3 Å². The molecule has 0 radical (unpaired) electrons. The summed E-state index contributed by atoms with van der Waals surface area (Å²) in [6.45, 7) is 0. The Morgan fingerprint density at radius 1 is 1.27 bits per heavy atom. The van der Waals surface area contributed by atoms with E-state index in [4.69, 9.17) is 4.74 Å². The van der Waals surface area contributed by atoms with Crippen molar-refractivity contribution < 1.29 is 14.6 Å². The quantitative estimate of drug-likeness (QED) is 0.789. The van der Waals surface area contributed by atoms with Crippen molar-refractivity contribution in [2.24, 2.45) is 0 Å². The monoisotopic (exact) mass is 309 g/mol. The summed E-state index contributed by atoms with van der Waals surface area (Å²) in [5.41, 5.74) is 1.71. The molecule has 0 saturated carbocycles. The van der Waals surface area contributed by atoms with Gasteiger partial charge >= 0.3 is 5.97 Å². The summed E-state index contributed by atoms with van der Waals surface area (Å²) in [6.07, 6.45) is 0. The fraction of sp³-hybridized carbons (Fsp3) is 0.0588. The maximum Gasteiger partial charge on any atom is 0.335 e. The number of thiophene rings is 1. The lowest BCUT2D eigenvalue weighted by Gasteiger charge is -2.08. The first kappa shape index (κ1) is 14.1. The number of rotatable bonds is 3. The van der Waals surface area contributed by atoms with Gasteiger partial charge in [-0.25, -0.2) is 4.79 Å². The number of carbonyl (C=O) groups is 1. The molecule has 1 aromatic heterocycles. The van der Waals surface area contributed by atoms with Crippen molar-refractivity contribution >= 4 is 27.4 Å². The number of carboxylic acid groups (broad SMARTS) is 1. The van der Waals surface area contributed by atoms with E-state index >= 15 is 0 Å². The second-order valence-electron chi connectivity index (χ2n) is 4.63. The summed E-state index contributed by atoms with van der Waals surface area (Å²) in [5.74, 6) is -0.336. The average Bonchev–Trinajstić information content (AvgIpc) is 2.92. The van der Waals surface area contributed by atoms with Crippen LogP contribution < -0.4 is 4.74 Å². The maximum atomic E-state index is 11.2. The van der Waals surface area contributed by atoms with Crippen molar-refractivity contribution in [2.75, 3.05) is 7.11 Å². The molecule has 1 heterocycles. The fourth-order valence-electron chi connectivity index (χ4n) is 2.43. The van der Waals surface area contributed by atoms with Crippen LogP contribution in [0.1, 0.15) is 15.2 Å². The molecule has 108 valence electrons. The zero-order valence-electron chi connectivity index (χ0n) is 11.7. The van der Waals surface area contributed by atoms with E-state index in [-0.39, 0.29) is 5.56 Å². The Morgan fingerprint density at radius 2 is 2.05 bits per heavy atom. The summed E-state index contributed by atoms with van der Waals surface area (Å²) >= 11 is 1.35. The average molecular weight is 309 g/mol. The van der Waals surface area contributed by atoms with E-state index in [0.717, 1.165) is 21.2 Å². The van der Waals surface area contributed by atoms with E-state index in [1.54, 1.807) is 25.3 Å². The SMILES string of the molecule is COc1ccccc1-c1c(C#N)sc2ccc(C(=O)O)cc12. The molecule has 0 unspecified atom stereocenters. The highest BCUT2D eigenvalue weighted by molar-refractivity contribution is 7.20. The first-order valence-corrected chi connectivity index (χ1v) is 7.30. The number of carboxylic acids is 1. The van der Waals surface area contributed by atoms with Crippen LogP contribution in [0.5, 0.6) is 5.75 Å². The van der Waals surface area contributed by atoms with Gasteiger partial charge in [0.05, 0.1) is 12.7 Å². The third-order valence-electron chi connectivity index (χ3n) is 3.41. The van der Waals surface area contributed by atoms with Gasteiger partial charge in [0.15, 0.2) is 0 Å². The van der Waals surface area contributed by atoms with Crippen LogP contribution in [0, 0.1) is 11.3 Å². The number of ether oxygens (including phenoxy) is 1. The Hall–Kier alpha value is -2.84. The van der Waals surface area contributed by atoms with Gasteiger partial charge in [0.25, 0.3) is 0 Å². The second kappa shape index (κ2) is 5.51. The van der Waals surface area contributed by atoms with Crippen LogP contribution in [0.15, 0.2) is 42.5 Å². The fourth-order valence-corrected chi connectivity index (χ4v) is 3.42. The van der Waals surface area contributed by atoms with Crippen molar-refractivity contribution in [3.8, 4) is 22.9 Å². The molecule has 0 saturated heterocycles. The van der Waals surface area contributed by atoms with Crippen LogP contribution in [0.25, 0.3) is 21.2 Å². The number of fused-ring (bicyclic) bond motifs is 1. The largest absolute Gasteiger partial charge is 0.496 e. The van der Waals surface area contributed by atoms with Crippen LogP contribution >= 0.6 is 11.3 Å². The van der Waals surface area contributed by atoms with Crippen LogP contribution in [0.3, 0.4) is 0 Å². The van der Waals surface area contributed by atoms with E-state index in [0.29, 0.717) is 10.6 Å². The molecular formula is C17H11NO3S. The first-order chi connectivity index (χ1) is 10.7. The van der Waals surface area contributed by atoms with Gasteiger partial charge in [0, 0.05) is 21.2 Å². The molecule has 0 aliphatic rings. The molecular weight excluding hydrogens is 298 g/mol. The smallest absolute Gasteiger partial charge is 0.335 e. The predicted octanol–water partition coefficient (Wildman–Crippen LogP) is 4.15. The van der Waals surface area contributed by atoms with Gasteiger partial charge in [0.1, 0.15) is 16.7 Å². The van der Waals surface area contributed by atoms with Gasteiger partial charge in [-0.2, -0.15) is 5.26 Å². The summed E-state index contributed by atoms with van der Waals surface area (Å²) in [6, 6.07) is 14.5. The molecule has 0 fully saturated rings. The van der Waals surface area contributed by atoms with E-state index < -0.39 is 5.97 Å². The Labute approximate surface area is 130 Å². The molecule has 1 N–H and O–H groups in total. The standard InChI is InChI=1S/C17H11NO3S/c1-21-13-5-3-2-4-11(13)16-12-8-10(17(19)20)6-7-14(12)22-15(16)9-18/h2-8H,1H3,(H,19,20). The van der Waals surface area contributed by atoms with Crippen molar-refractivity contribution in [1.29, 1.82) is 5.26 Å². The van der Waals surface area contributed by atoms with Crippen molar-refractivity contribution in [3.63, 3.8) is 0 Å². The zero-order chi connectivity index (χ0) is 15.7. The van der Waals surface area contributed by atoms with Crippen molar-refractivity contribution in [3.05, 3.63) is 52.9 Å². The highest BCUT2D eigenvalue weighted by Gasteiger charge is 2.18. The van der Waals surface area contributed by atoms with Crippen LogP contribution in [0.2, 0.25) is 0 Å². The van der Waals surface area contributed by atoms with Crippen LogP contribution in [-0.4, -0.2) is 18.2 Å². The lowest BCUT2D eigenvalue weighted by molar-refractivity contribution is 0.0697. The first-order valence-electron chi connectivity index (χ1n) is 6.49. The maximum absolute atomic E-state index is 11.2. The number of para-hydroxylation sites is 1. The Kier molecular flexibility index (Phi) is 3.53. The van der Waals surface area contributed by atoms with Gasteiger partial charge in [0.2, 0.25) is 0 Å². The molecule has 0 amide bonds. The predicted molar refractivity (Wildman–Crippen MR) is 85.5 cm³/mol. The van der Waals surface area contributed by atoms with Gasteiger partial charge < -0.3 is 9.84 Å². The minimum absolute atomic E-state index is 0.200. The molecule has 0 aliphatic heterocycles. The number of hydrogen-bond donors (Lipinski definition) is 1. The lowest BCUT2D eigenvalue weighted by Crippen LogP contribution is -1.95. The van der Waals surface area contributed by atoms with Gasteiger partial charge in [-0.3, -0.25) is 0 Å². The Morgan fingerprint density at radius 3 is 2.73 bits per heavy atom. The molecule has 0 aliphatic carbocycles. The zero-order valence-corrected chi connectivity index (χ0v) is 12.5. The molecule has 22 heavy (non-hydrogen) atoms. The minimum Gasteiger partial charge on any atom is -0.496 e. The third kappa shape index (κ3) is 2.20. The molecule has 0 atom stereocenters. The van der Waals surface area contributed by atoms with Crippen LogP contribution in [0.4, 0.5) is 0 Å². The Balaban J connectivity index is 2.38. The minimum atomic E-state index is -0.988. The Bertz CT molecular complexity index is 921. The van der Waals surface area contributed by atoms with Gasteiger partial charge in [-0.1, -0.05) is 18.2 Å². The topological polar surface area (TPSA) is 70.3 Å². The molecule has 0 spiro atoms. The molecule has 5 heteroatoms. The van der Waals surface area contributed by atoms with Crippen LogP contribution in [-0.2, 0) is 0 Å². The van der Waals surface area contributed by atoms with Crippen molar-refractivity contribution in [2.45, 2.75) is 0 Å². The summed E-state index contributed by atoms with van der Waals surface area (Å²) in [7, 11) is 1.57. The second-order valence-corrected chi connectivity index (χ2v) is 5.69.